The minimum absolute atomic E-state index is 0.185. The number of aryl methyl sites for hydroxylation is 1. The van der Waals surface area contributed by atoms with E-state index in [0.717, 1.165) is 0 Å². The summed E-state index contributed by atoms with van der Waals surface area (Å²) in [6, 6.07) is 4.65. The molecule has 0 amide bonds. The lowest BCUT2D eigenvalue weighted by Gasteiger charge is -2.27. The third-order valence-electron chi connectivity index (χ3n) is 4.19. The largest absolute Gasteiger partial charge is 0.399 e. The van der Waals surface area contributed by atoms with Gasteiger partial charge in [0.2, 0.25) is 0 Å². The third-order valence-corrected chi connectivity index (χ3v) is 8.05. The summed E-state index contributed by atoms with van der Waals surface area (Å²) in [6.07, 6.45) is 3.05. The summed E-state index contributed by atoms with van der Waals surface area (Å²) >= 11 is 0. The van der Waals surface area contributed by atoms with Crippen LogP contribution in [0, 0.1) is 6.92 Å². The second-order valence-electron chi connectivity index (χ2n) is 5.80. The number of nitrogens with two attached hydrogens (primary N) is 1. The van der Waals surface area contributed by atoms with Crippen LogP contribution in [0.1, 0.15) is 31.2 Å². The van der Waals surface area contributed by atoms with E-state index in [1.54, 1.807) is 19.1 Å². The van der Waals surface area contributed by atoms with Crippen LogP contribution in [0.5, 0.6) is 0 Å². The minimum Gasteiger partial charge on any atom is -0.399 e. The molecule has 7 heteroatoms. The number of anilines is 1. The van der Waals surface area contributed by atoms with Crippen molar-refractivity contribution < 1.29 is 16.8 Å². The van der Waals surface area contributed by atoms with Crippen LogP contribution in [0.4, 0.5) is 5.69 Å². The normalized spacial score (nSPS) is 23.9. The molecule has 2 rings (SSSR count). The predicted molar refractivity (Wildman–Crippen MR) is 83.7 cm³/mol. The Labute approximate surface area is 126 Å². The first-order chi connectivity index (χ1) is 9.62. The van der Waals surface area contributed by atoms with Crippen molar-refractivity contribution in [2.24, 2.45) is 0 Å². The van der Waals surface area contributed by atoms with E-state index >= 15 is 0 Å². The number of hydrogen-bond donors (Lipinski definition) is 1. The Morgan fingerprint density at radius 3 is 2.29 bits per heavy atom. The second-order valence-corrected chi connectivity index (χ2v) is 10.4. The molecule has 0 spiro atoms. The van der Waals surface area contributed by atoms with E-state index in [1.807, 2.05) is 0 Å². The first-order valence-corrected chi connectivity index (χ1v) is 10.4. The fourth-order valence-corrected chi connectivity index (χ4v) is 6.04. The molecule has 118 valence electrons. The number of rotatable bonds is 3. The highest BCUT2D eigenvalue weighted by Crippen LogP contribution is 2.32. The number of nitrogen functional groups attached to an aromatic ring is 1. The number of sulfone groups is 2. The van der Waals surface area contributed by atoms with Crippen LogP contribution in [0.2, 0.25) is 0 Å². The fourth-order valence-electron chi connectivity index (χ4n) is 2.79. The molecule has 2 N–H and O–H groups in total. The quantitative estimate of drug-likeness (QED) is 0.851. The van der Waals surface area contributed by atoms with E-state index in [2.05, 4.69) is 0 Å². The maximum absolute atomic E-state index is 12.7. The third kappa shape index (κ3) is 3.40. The van der Waals surface area contributed by atoms with Crippen LogP contribution in [-0.4, -0.2) is 33.6 Å². The highest BCUT2D eigenvalue weighted by Gasteiger charge is 2.36. The zero-order valence-corrected chi connectivity index (χ0v) is 13.9. The van der Waals surface area contributed by atoms with Crippen molar-refractivity contribution >= 4 is 25.4 Å². The summed E-state index contributed by atoms with van der Waals surface area (Å²) in [4.78, 5) is 0.230. The molecular formula is C14H21NO4S2. The predicted octanol–water partition coefficient (Wildman–Crippen LogP) is 1.71. The van der Waals surface area contributed by atoms with Gasteiger partial charge in [-0.05, 0) is 49.9 Å². The van der Waals surface area contributed by atoms with Crippen molar-refractivity contribution in [3.8, 4) is 0 Å². The van der Waals surface area contributed by atoms with Gasteiger partial charge in [0.15, 0.2) is 9.84 Å². The lowest BCUT2D eigenvalue weighted by atomic mass is 10.00. The zero-order valence-electron chi connectivity index (χ0n) is 12.2. The topological polar surface area (TPSA) is 94.3 Å². The monoisotopic (exact) mass is 331 g/mol. The van der Waals surface area contributed by atoms with Gasteiger partial charge in [0.1, 0.15) is 9.84 Å². The SMILES string of the molecule is Cc1cc(S(=O)(=O)C2CCCC(S(C)(=O)=O)C2)ccc1N. The first-order valence-electron chi connectivity index (χ1n) is 6.91. The van der Waals surface area contributed by atoms with Gasteiger partial charge in [0.25, 0.3) is 0 Å². The maximum Gasteiger partial charge on any atom is 0.181 e. The van der Waals surface area contributed by atoms with E-state index in [0.29, 0.717) is 30.5 Å². The Balaban J connectivity index is 2.33. The van der Waals surface area contributed by atoms with Gasteiger partial charge >= 0.3 is 0 Å². The highest BCUT2D eigenvalue weighted by molar-refractivity contribution is 7.92. The van der Waals surface area contributed by atoms with Crippen LogP contribution in [0.25, 0.3) is 0 Å². The second kappa shape index (κ2) is 5.61. The van der Waals surface area contributed by atoms with Crippen LogP contribution >= 0.6 is 0 Å². The molecule has 0 radical (unpaired) electrons. The molecule has 1 saturated carbocycles. The highest BCUT2D eigenvalue weighted by atomic mass is 32.2. The summed E-state index contributed by atoms with van der Waals surface area (Å²) < 4.78 is 48.7. The molecule has 1 aliphatic rings. The van der Waals surface area contributed by atoms with Crippen molar-refractivity contribution in [3.63, 3.8) is 0 Å². The minimum atomic E-state index is -3.51. The molecule has 1 aliphatic carbocycles. The first kappa shape index (κ1) is 16.3. The molecule has 21 heavy (non-hydrogen) atoms. The zero-order chi connectivity index (χ0) is 15.8. The molecule has 5 nitrogen and oxygen atoms in total. The van der Waals surface area contributed by atoms with Crippen molar-refractivity contribution in [2.75, 3.05) is 12.0 Å². The summed E-state index contributed by atoms with van der Waals surface area (Å²) in [7, 11) is -6.72. The molecule has 0 aromatic heterocycles. The Bertz CT molecular complexity index is 738. The standard InChI is InChI=1S/C14H21NO4S2/c1-10-8-13(6-7-14(10)15)21(18,19)12-5-3-4-11(9-12)20(2,16)17/h6-8,11-12H,3-5,9,15H2,1-2H3. The molecule has 0 heterocycles. The molecular weight excluding hydrogens is 310 g/mol. The van der Waals surface area contributed by atoms with Crippen molar-refractivity contribution in [2.45, 2.75) is 48.0 Å². The van der Waals surface area contributed by atoms with Gasteiger partial charge in [-0.3, -0.25) is 0 Å². The van der Waals surface area contributed by atoms with Crippen molar-refractivity contribution in [3.05, 3.63) is 23.8 Å². The Kier molecular flexibility index (Phi) is 4.35. The molecule has 2 unspecified atom stereocenters. The van der Waals surface area contributed by atoms with Crippen LogP contribution in [0.15, 0.2) is 23.1 Å². The number of benzene rings is 1. The van der Waals surface area contributed by atoms with Crippen LogP contribution < -0.4 is 5.73 Å². The number of hydrogen-bond acceptors (Lipinski definition) is 5. The van der Waals surface area contributed by atoms with E-state index < -0.39 is 30.2 Å². The average molecular weight is 331 g/mol. The molecule has 0 bridgehead atoms. The van der Waals surface area contributed by atoms with Gasteiger partial charge in [0.05, 0.1) is 15.4 Å². The van der Waals surface area contributed by atoms with E-state index in [1.165, 1.54) is 12.3 Å². The maximum atomic E-state index is 12.7. The van der Waals surface area contributed by atoms with Gasteiger partial charge in [0, 0.05) is 11.9 Å². The van der Waals surface area contributed by atoms with Gasteiger partial charge in [-0.25, -0.2) is 16.8 Å². The Morgan fingerprint density at radius 1 is 1.10 bits per heavy atom. The lowest BCUT2D eigenvalue weighted by Crippen LogP contribution is -2.34. The van der Waals surface area contributed by atoms with Crippen LogP contribution in [-0.2, 0) is 19.7 Å². The molecule has 1 aromatic carbocycles. The molecule has 0 saturated heterocycles. The Morgan fingerprint density at radius 2 is 1.71 bits per heavy atom. The van der Waals surface area contributed by atoms with Crippen LogP contribution in [0.3, 0.4) is 0 Å². The van der Waals surface area contributed by atoms with Crippen molar-refractivity contribution in [1.29, 1.82) is 0 Å². The summed E-state index contributed by atoms with van der Waals surface area (Å²) in [6.45, 7) is 1.76. The lowest BCUT2D eigenvalue weighted by molar-refractivity contribution is 0.473. The molecule has 0 aliphatic heterocycles. The van der Waals surface area contributed by atoms with E-state index in [-0.39, 0.29) is 11.3 Å². The summed E-state index contributed by atoms with van der Waals surface area (Å²) in [5.41, 5.74) is 6.98. The van der Waals surface area contributed by atoms with E-state index in [9.17, 15) is 16.8 Å². The molecule has 1 aromatic rings. The smallest absolute Gasteiger partial charge is 0.181 e. The average Bonchev–Trinajstić information content (AvgIpc) is 2.41. The van der Waals surface area contributed by atoms with Crippen molar-refractivity contribution in [1.82, 2.24) is 0 Å². The van der Waals surface area contributed by atoms with Gasteiger partial charge in [-0.2, -0.15) is 0 Å². The van der Waals surface area contributed by atoms with Gasteiger partial charge < -0.3 is 5.73 Å². The summed E-state index contributed by atoms with van der Waals surface area (Å²) in [5.74, 6) is 0. The summed E-state index contributed by atoms with van der Waals surface area (Å²) in [5, 5.41) is -1.19. The Hall–Kier alpha value is -1.08. The van der Waals surface area contributed by atoms with E-state index in [4.69, 9.17) is 5.73 Å². The van der Waals surface area contributed by atoms with Gasteiger partial charge in [-0.15, -0.1) is 0 Å². The molecule has 1 fully saturated rings. The molecule has 2 atom stereocenters. The fraction of sp³-hybridized carbons (Fsp3) is 0.571. The van der Waals surface area contributed by atoms with Gasteiger partial charge in [-0.1, -0.05) is 6.42 Å².